The van der Waals surface area contributed by atoms with Crippen LogP contribution in [0, 0.1) is 0 Å². The van der Waals surface area contributed by atoms with E-state index in [1.807, 2.05) is 5.43 Å². The number of amides is 2. The summed E-state index contributed by atoms with van der Waals surface area (Å²) >= 11 is 0. The molecule has 9 heteroatoms. The van der Waals surface area contributed by atoms with Gasteiger partial charge < -0.3 is 4.74 Å². The molecule has 1 aromatic heterocycles. The maximum atomic E-state index is 12.8. The molecule has 0 aromatic carbocycles. The summed E-state index contributed by atoms with van der Waals surface area (Å²) in [6, 6.07) is 1.81. The van der Waals surface area contributed by atoms with Gasteiger partial charge in [-0.25, -0.2) is 15.2 Å². The Hall–Kier alpha value is -2.32. The van der Waals surface area contributed by atoms with Crippen molar-refractivity contribution in [1.82, 2.24) is 15.4 Å². The summed E-state index contributed by atoms with van der Waals surface area (Å²) in [6.07, 6.45) is -4.64. The second kappa shape index (κ2) is 6.20. The molecule has 0 fully saturated rings. The van der Waals surface area contributed by atoms with E-state index < -0.39 is 35.0 Å². The van der Waals surface area contributed by atoms with Gasteiger partial charge in [-0.05, 0) is 32.9 Å². The standard InChI is InChI=1S/C13H16F3N3O3/c1-12(2,3)22-11(21)18-19(4)10(20)9-8(13(14,15)16)6-5-7-17-9/h5-7H,1-4H3,(H,18,21). The first-order valence-electron chi connectivity index (χ1n) is 6.22. The number of rotatable bonds is 1. The summed E-state index contributed by atoms with van der Waals surface area (Å²) in [5, 5.41) is 0.589. The topological polar surface area (TPSA) is 71.5 Å². The van der Waals surface area contributed by atoms with Crippen molar-refractivity contribution in [1.29, 1.82) is 0 Å². The number of alkyl halides is 3. The molecule has 0 saturated heterocycles. The van der Waals surface area contributed by atoms with Crippen LogP contribution in [0.5, 0.6) is 0 Å². The van der Waals surface area contributed by atoms with Crippen LogP contribution < -0.4 is 5.43 Å². The summed E-state index contributed by atoms with van der Waals surface area (Å²) in [5.74, 6) is -1.11. The Bertz CT molecular complexity index is 568. The fraction of sp³-hybridized carbons (Fsp3) is 0.462. The molecule has 0 atom stereocenters. The van der Waals surface area contributed by atoms with Gasteiger partial charge in [-0.1, -0.05) is 0 Å². The maximum absolute atomic E-state index is 12.8. The normalized spacial score (nSPS) is 11.8. The highest BCUT2D eigenvalue weighted by atomic mass is 19.4. The zero-order chi connectivity index (χ0) is 17.1. The Labute approximate surface area is 125 Å². The molecule has 1 N–H and O–H groups in total. The molecule has 0 aliphatic carbocycles. The summed E-state index contributed by atoms with van der Waals surface area (Å²) in [5.41, 5.74) is -0.775. The van der Waals surface area contributed by atoms with E-state index in [4.69, 9.17) is 4.74 Å². The fourth-order valence-corrected chi connectivity index (χ4v) is 1.45. The Morgan fingerprint density at radius 2 is 1.86 bits per heavy atom. The quantitative estimate of drug-likeness (QED) is 0.808. The van der Waals surface area contributed by atoms with Crippen LogP contribution in [0.3, 0.4) is 0 Å². The monoisotopic (exact) mass is 319 g/mol. The zero-order valence-electron chi connectivity index (χ0n) is 12.5. The highest BCUT2D eigenvalue weighted by molar-refractivity contribution is 5.94. The van der Waals surface area contributed by atoms with Crippen molar-refractivity contribution in [2.75, 3.05) is 7.05 Å². The van der Waals surface area contributed by atoms with Gasteiger partial charge in [0.1, 0.15) is 11.3 Å². The molecule has 0 radical (unpaired) electrons. The first-order valence-corrected chi connectivity index (χ1v) is 6.22. The van der Waals surface area contributed by atoms with Crippen LogP contribution in [0.15, 0.2) is 18.3 Å². The average molecular weight is 319 g/mol. The highest BCUT2D eigenvalue weighted by Gasteiger charge is 2.37. The van der Waals surface area contributed by atoms with Gasteiger partial charge in [0.15, 0.2) is 0 Å². The molecule has 1 rings (SSSR count). The molecule has 22 heavy (non-hydrogen) atoms. The number of hydrogen-bond acceptors (Lipinski definition) is 4. The van der Waals surface area contributed by atoms with E-state index in [0.29, 0.717) is 5.01 Å². The van der Waals surface area contributed by atoms with Crippen LogP contribution in [-0.2, 0) is 10.9 Å². The lowest BCUT2D eigenvalue weighted by molar-refractivity contribution is -0.138. The van der Waals surface area contributed by atoms with Crippen LogP contribution in [0.25, 0.3) is 0 Å². The Kier molecular flexibility index (Phi) is 5.00. The predicted octanol–water partition coefficient (Wildman–Crippen LogP) is 2.61. The number of nitrogens with zero attached hydrogens (tertiary/aromatic N) is 2. The van der Waals surface area contributed by atoms with E-state index in [1.54, 1.807) is 20.8 Å². The SMILES string of the molecule is CN(NC(=O)OC(C)(C)C)C(=O)c1ncccc1C(F)(F)F. The number of carbonyl (C=O) groups is 2. The highest BCUT2D eigenvalue weighted by Crippen LogP contribution is 2.31. The minimum absolute atomic E-state index is 0.589. The van der Waals surface area contributed by atoms with Crippen molar-refractivity contribution < 1.29 is 27.5 Å². The molecule has 0 aliphatic rings. The molecular weight excluding hydrogens is 303 g/mol. The third-order valence-electron chi connectivity index (χ3n) is 2.28. The van der Waals surface area contributed by atoms with Gasteiger partial charge in [0, 0.05) is 13.2 Å². The van der Waals surface area contributed by atoms with E-state index in [0.717, 1.165) is 25.4 Å². The first kappa shape index (κ1) is 17.7. The van der Waals surface area contributed by atoms with Crippen molar-refractivity contribution in [3.05, 3.63) is 29.6 Å². The van der Waals surface area contributed by atoms with Crippen molar-refractivity contribution in [3.8, 4) is 0 Å². The zero-order valence-corrected chi connectivity index (χ0v) is 12.5. The molecule has 122 valence electrons. The summed E-state index contributed by atoms with van der Waals surface area (Å²) in [4.78, 5) is 27.0. The van der Waals surface area contributed by atoms with Gasteiger partial charge in [-0.15, -0.1) is 0 Å². The van der Waals surface area contributed by atoms with E-state index >= 15 is 0 Å². The first-order chi connectivity index (χ1) is 9.92. The molecule has 0 unspecified atom stereocenters. The lowest BCUT2D eigenvalue weighted by Crippen LogP contribution is -2.46. The minimum atomic E-state index is -4.73. The van der Waals surface area contributed by atoms with E-state index in [2.05, 4.69) is 4.98 Å². The molecule has 1 aromatic rings. The summed E-state index contributed by atoms with van der Waals surface area (Å²) in [7, 11) is 1.10. The molecule has 6 nitrogen and oxygen atoms in total. The van der Waals surface area contributed by atoms with Gasteiger partial charge in [-0.3, -0.25) is 9.78 Å². The van der Waals surface area contributed by atoms with Crippen LogP contribution in [0.1, 0.15) is 36.8 Å². The summed E-state index contributed by atoms with van der Waals surface area (Å²) in [6.45, 7) is 4.82. The number of hydrazine groups is 1. The molecule has 0 aliphatic heterocycles. The van der Waals surface area contributed by atoms with E-state index in [1.165, 1.54) is 0 Å². The fourth-order valence-electron chi connectivity index (χ4n) is 1.45. The second-order valence-corrected chi connectivity index (χ2v) is 5.38. The van der Waals surface area contributed by atoms with Crippen molar-refractivity contribution in [3.63, 3.8) is 0 Å². The second-order valence-electron chi connectivity index (χ2n) is 5.38. The third kappa shape index (κ3) is 4.90. The van der Waals surface area contributed by atoms with Gasteiger partial charge in [-0.2, -0.15) is 13.2 Å². The molecule has 2 amide bonds. The molecule has 1 heterocycles. The smallest absolute Gasteiger partial charge is 0.426 e. The van der Waals surface area contributed by atoms with Gasteiger partial charge in [0.2, 0.25) is 0 Å². The molecule has 0 spiro atoms. The van der Waals surface area contributed by atoms with Gasteiger partial charge in [0.05, 0.1) is 5.56 Å². The molecule has 0 bridgehead atoms. The number of halogens is 3. The lowest BCUT2D eigenvalue weighted by atomic mass is 10.2. The minimum Gasteiger partial charge on any atom is -0.443 e. The number of aromatic nitrogens is 1. The third-order valence-corrected chi connectivity index (χ3v) is 2.28. The van der Waals surface area contributed by atoms with Gasteiger partial charge >= 0.3 is 12.3 Å². The van der Waals surface area contributed by atoms with Crippen LogP contribution in [0.4, 0.5) is 18.0 Å². The van der Waals surface area contributed by atoms with Crippen LogP contribution in [-0.4, -0.2) is 34.6 Å². The number of hydrogen-bond donors (Lipinski definition) is 1. The predicted molar refractivity (Wildman–Crippen MR) is 70.7 cm³/mol. The number of pyridine rings is 1. The Morgan fingerprint density at radius 3 is 2.36 bits per heavy atom. The van der Waals surface area contributed by atoms with Crippen LogP contribution in [0.2, 0.25) is 0 Å². The van der Waals surface area contributed by atoms with E-state index in [9.17, 15) is 22.8 Å². The van der Waals surface area contributed by atoms with Crippen molar-refractivity contribution >= 4 is 12.0 Å². The Morgan fingerprint density at radius 1 is 1.27 bits per heavy atom. The summed E-state index contributed by atoms with van der Waals surface area (Å²) < 4.78 is 43.4. The maximum Gasteiger partial charge on any atom is 0.426 e. The van der Waals surface area contributed by atoms with Crippen LogP contribution >= 0.6 is 0 Å². The Balaban J connectivity index is 2.91. The van der Waals surface area contributed by atoms with Crippen molar-refractivity contribution in [2.24, 2.45) is 0 Å². The number of carbonyl (C=O) groups excluding carboxylic acids is 2. The molecular formula is C13H16F3N3O3. The van der Waals surface area contributed by atoms with E-state index in [-0.39, 0.29) is 0 Å². The molecule has 0 saturated carbocycles. The van der Waals surface area contributed by atoms with Gasteiger partial charge in [0.25, 0.3) is 5.91 Å². The number of nitrogens with one attached hydrogen (secondary N) is 1. The van der Waals surface area contributed by atoms with Crippen molar-refractivity contribution in [2.45, 2.75) is 32.5 Å². The lowest BCUT2D eigenvalue weighted by Gasteiger charge is -2.23. The number of ether oxygens (including phenoxy) is 1. The largest absolute Gasteiger partial charge is 0.443 e. The average Bonchev–Trinajstić information content (AvgIpc) is 2.34.